The van der Waals surface area contributed by atoms with Crippen LogP contribution in [0.1, 0.15) is 24.5 Å². The lowest BCUT2D eigenvalue weighted by atomic mass is 10.2. The maximum atomic E-state index is 4.77. The Kier molecular flexibility index (Phi) is 6.27. The minimum absolute atomic E-state index is 0.380. The van der Waals surface area contributed by atoms with E-state index in [1.54, 1.807) is 12.5 Å². The van der Waals surface area contributed by atoms with Crippen molar-refractivity contribution >= 4 is 11.6 Å². The topological polar surface area (TPSA) is 70.4 Å². The summed E-state index contributed by atoms with van der Waals surface area (Å²) < 4.78 is 1.89. The second kappa shape index (κ2) is 9.43. The minimum atomic E-state index is 0.380. The van der Waals surface area contributed by atoms with Crippen molar-refractivity contribution in [3.63, 3.8) is 0 Å². The summed E-state index contributed by atoms with van der Waals surface area (Å²) in [6, 6.07) is 13.2. The van der Waals surface area contributed by atoms with Gasteiger partial charge in [0.2, 0.25) is 0 Å². The van der Waals surface area contributed by atoms with Gasteiger partial charge in [-0.3, -0.25) is 4.57 Å². The average Bonchev–Trinajstić information content (AvgIpc) is 3.46. The van der Waals surface area contributed by atoms with Gasteiger partial charge in [0, 0.05) is 50.0 Å². The number of aryl methyl sites for hydroxylation is 1. The number of rotatable bonds is 6. The molecule has 3 aromatic rings. The number of nitrogens with zero attached hydrogens (tertiary/aromatic N) is 5. The summed E-state index contributed by atoms with van der Waals surface area (Å²) in [7, 11) is 0. The molecular formula is C23H29N7. The van der Waals surface area contributed by atoms with E-state index in [0.717, 1.165) is 43.4 Å². The van der Waals surface area contributed by atoms with Crippen molar-refractivity contribution in [3.05, 3.63) is 72.4 Å². The Morgan fingerprint density at radius 2 is 2.07 bits per heavy atom. The molecule has 1 aromatic carbocycles. The van der Waals surface area contributed by atoms with Crippen LogP contribution < -0.4 is 15.5 Å². The van der Waals surface area contributed by atoms with E-state index in [0.29, 0.717) is 12.6 Å². The Balaban J connectivity index is 1.35. The first-order valence-corrected chi connectivity index (χ1v) is 10.5. The molecule has 1 unspecified atom stereocenters. The molecule has 1 saturated heterocycles. The maximum absolute atomic E-state index is 4.77. The molecule has 2 N–H and O–H groups in total. The van der Waals surface area contributed by atoms with E-state index in [2.05, 4.69) is 69.7 Å². The number of pyridine rings is 1. The SMILES string of the molecule is CCNC(=NCc1ccc(-n2ccnc2)nc1)NC1CCN(c2ccc(C)cc2)C1. The molecule has 0 bridgehead atoms. The smallest absolute Gasteiger partial charge is 0.191 e. The van der Waals surface area contributed by atoms with Gasteiger partial charge in [-0.15, -0.1) is 0 Å². The molecule has 7 nitrogen and oxygen atoms in total. The van der Waals surface area contributed by atoms with Crippen LogP contribution in [-0.4, -0.2) is 46.2 Å². The first-order valence-electron chi connectivity index (χ1n) is 10.5. The van der Waals surface area contributed by atoms with Gasteiger partial charge in [0.15, 0.2) is 5.96 Å². The number of anilines is 1. The zero-order valence-electron chi connectivity index (χ0n) is 17.6. The van der Waals surface area contributed by atoms with E-state index >= 15 is 0 Å². The summed E-state index contributed by atoms with van der Waals surface area (Å²) in [5, 5.41) is 6.96. The third-order valence-corrected chi connectivity index (χ3v) is 5.27. The van der Waals surface area contributed by atoms with Crippen LogP contribution in [0.5, 0.6) is 0 Å². The number of benzene rings is 1. The van der Waals surface area contributed by atoms with Crippen molar-refractivity contribution in [1.29, 1.82) is 0 Å². The monoisotopic (exact) mass is 403 g/mol. The number of nitrogens with one attached hydrogen (secondary N) is 2. The Morgan fingerprint density at radius 3 is 2.77 bits per heavy atom. The lowest BCUT2D eigenvalue weighted by molar-refractivity contribution is 0.649. The number of guanidine groups is 1. The summed E-state index contributed by atoms with van der Waals surface area (Å²) in [4.78, 5) is 15.8. The van der Waals surface area contributed by atoms with Gasteiger partial charge in [0.05, 0.1) is 6.54 Å². The van der Waals surface area contributed by atoms with Crippen LogP contribution in [0.15, 0.2) is 66.3 Å². The third kappa shape index (κ3) is 4.97. The number of imidazole rings is 1. The Morgan fingerprint density at radius 1 is 1.20 bits per heavy atom. The van der Waals surface area contributed by atoms with Gasteiger partial charge in [-0.1, -0.05) is 23.8 Å². The highest BCUT2D eigenvalue weighted by Gasteiger charge is 2.23. The fourth-order valence-electron chi connectivity index (χ4n) is 3.61. The third-order valence-electron chi connectivity index (χ3n) is 5.27. The van der Waals surface area contributed by atoms with E-state index in [4.69, 9.17) is 4.99 Å². The molecule has 1 aliphatic heterocycles. The summed E-state index contributed by atoms with van der Waals surface area (Å²) in [6.45, 7) is 7.66. The highest BCUT2D eigenvalue weighted by molar-refractivity contribution is 5.80. The van der Waals surface area contributed by atoms with E-state index < -0.39 is 0 Å². The van der Waals surface area contributed by atoms with Crippen LogP contribution >= 0.6 is 0 Å². The first kappa shape index (κ1) is 19.9. The lowest BCUT2D eigenvalue weighted by Gasteiger charge is -2.20. The minimum Gasteiger partial charge on any atom is -0.369 e. The van der Waals surface area contributed by atoms with Crippen LogP contribution in [0.2, 0.25) is 0 Å². The second-order valence-corrected chi connectivity index (χ2v) is 7.60. The molecule has 30 heavy (non-hydrogen) atoms. The molecule has 0 radical (unpaired) electrons. The molecule has 1 aliphatic rings. The van der Waals surface area contributed by atoms with Crippen LogP contribution in [0.4, 0.5) is 5.69 Å². The fraction of sp³-hybridized carbons (Fsp3) is 0.348. The number of aromatic nitrogens is 3. The predicted octanol–water partition coefficient (Wildman–Crippen LogP) is 2.91. The first-order chi connectivity index (χ1) is 14.7. The van der Waals surface area contributed by atoms with Gasteiger partial charge in [0.1, 0.15) is 12.1 Å². The van der Waals surface area contributed by atoms with Gasteiger partial charge < -0.3 is 15.5 Å². The standard InChI is InChI=1S/C23H29N7/c1-3-25-23(27-15-19-6-9-22(26-14-19)30-13-11-24-17-30)28-20-10-12-29(16-20)21-7-4-18(2)5-8-21/h4-9,11,13-14,17,20H,3,10,12,15-16H2,1-2H3,(H2,25,27,28). The molecule has 0 saturated carbocycles. The highest BCUT2D eigenvalue weighted by atomic mass is 15.2. The number of hydrogen-bond donors (Lipinski definition) is 2. The summed E-state index contributed by atoms with van der Waals surface area (Å²) in [5.74, 6) is 1.71. The molecular weight excluding hydrogens is 374 g/mol. The van der Waals surface area contributed by atoms with E-state index in [9.17, 15) is 0 Å². The predicted molar refractivity (Wildman–Crippen MR) is 121 cm³/mol. The molecule has 156 valence electrons. The Bertz CT molecular complexity index is 946. The van der Waals surface area contributed by atoms with Crippen molar-refractivity contribution in [1.82, 2.24) is 25.2 Å². The summed E-state index contributed by atoms with van der Waals surface area (Å²) >= 11 is 0. The van der Waals surface area contributed by atoms with E-state index in [1.165, 1.54) is 11.3 Å². The number of aliphatic imine (C=N–C) groups is 1. The molecule has 2 aromatic heterocycles. The van der Waals surface area contributed by atoms with Crippen LogP contribution in [0.25, 0.3) is 5.82 Å². The molecule has 1 atom stereocenters. The van der Waals surface area contributed by atoms with Crippen molar-refractivity contribution in [2.24, 2.45) is 4.99 Å². The zero-order valence-corrected chi connectivity index (χ0v) is 17.6. The molecule has 1 fully saturated rings. The largest absolute Gasteiger partial charge is 0.369 e. The van der Waals surface area contributed by atoms with Gasteiger partial charge in [-0.2, -0.15) is 0 Å². The number of hydrogen-bond acceptors (Lipinski definition) is 4. The Labute approximate surface area is 177 Å². The quantitative estimate of drug-likeness (QED) is 0.489. The molecule has 3 heterocycles. The van der Waals surface area contributed by atoms with Crippen LogP contribution in [0, 0.1) is 6.92 Å². The molecule has 0 amide bonds. The van der Waals surface area contributed by atoms with E-state index in [-0.39, 0.29) is 0 Å². The fourth-order valence-corrected chi connectivity index (χ4v) is 3.61. The summed E-state index contributed by atoms with van der Waals surface area (Å²) in [5.41, 5.74) is 3.65. The average molecular weight is 404 g/mol. The lowest BCUT2D eigenvalue weighted by Crippen LogP contribution is -2.44. The van der Waals surface area contributed by atoms with Gasteiger partial charge in [-0.05, 0) is 44.0 Å². The normalized spacial score (nSPS) is 16.7. The van der Waals surface area contributed by atoms with Crippen LogP contribution in [0.3, 0.4) is 0 Å². The van der Waals surface area contributed by atoms with Gasteiger partial charge in [0.25, 0.3) is 0 Å². The second-order valence-electron chi connectivity index (χ2n) is 7.60. The van der Waals surface area contributed by atoms with Crippen LogP contribution in [-0.2, 0) is 6.54 Å². The molecule has 4 rings (SSSR count). The zero-order chi connectivity index (χ0) is 20.8. The van der Waals surface area contributed by atoms with E-state index in [1.807, 2.05) is 23.0 Å². The highest BCUT2D eigenvalue weighted by Crippen LogP contribution is 2.20. The van der Waals surface area contributed by atoms with Crippen molar-refractivity contribution in [2.75, 3.05) is 24.5 Å². The Hall–Kier alpha value is -3.35. The maximum Gasteiger partial charge on any atom is 0.191 e. The molecule has 0 aliphatic carbocycles. The molecule has 7 heteroatoms. The van der Waals surface area contributed by atoms with Gasteiger partial charge >= 0.3 is 0 Å². The van der Waals surface area contributed by atoms with Crippen molar-refractivity contribution in [3.8, 4) is 5.82 Å². The molecule has 0 spiro atoms. The van der Waals surface area contributed by atoms with Crippen molar-refractivity contribution < 1.29 is 0 Å². The summed E-state index contributed by atoms with van der Waals surface area (Å²) in [6.07, 6.45) is 8.34. The van der Waals surface area contributed by atoms with Gasteiger partial charge in [-0.25, -0.2) is 15.0 Å². The van der Waals surface area contributed by atoms with Crippen molar-refractivity contribution in [2.45, 2.75) is 32.9 Å².